The summed E-state index contributed by atoms with van der Waals surface area (Å²) in [5, 5.41) is 9.17. The molecule has 1 heterocycles. The summed E-state index contributed by atoms with van der Waals surface area (Å²) >= 11 is 12.3. The summed E-state index contributed by atoms with van der Waals surface area (Å²) in [6.45, 7) is 5.81. The first-order valence-electron chi connectivity index (χ1n) is 6.27. The SMILES string of the molecule is CCc1nn(CC)c(CNC2CC(Cl)C2)c1Cl. The van der Waals surface area contributed by atoms with E-state index in [4.69, 9.17) is 23.2 Å². The van der Waals surface area contributed by atoms with Gasteiger partial charge in [-0.05, 0) is 26.2 Å². The molecule has 0 spiro atoms. The number of hydrogen-bond donors (Lipinski definition) is 1. The molecule has 1 aromatic rings. The van der Waals surface area contributed by atoms with E-state index in [1.54, 1.807) is 0 Å². The number of aromatic nitrogens is 2. The average molecular weight is 276 g/mol. The van der Waals surface area contributed by atoms with Crippen LogP contribution in [0.15, 0.2) is 0 Å². The van der Waals surface area contributed by atoms with Crippen LogP contribution in [0.25, 0.3) is 0 Å². The van der Waals surface area contributed by atoms with E-state index in [0.29, 0.717) is 11.4 Å². The predicted molar refractivity (Wildman–Crippen MR) is 71.8 cm³/mol. The van der Waals surface area contributed by atoms with E-state index in [-0.39, 0.29) is 0 Å². The van der Waals surface area contributed by atoms with Crippen LogP contribution < -0.4 is 5.32 Å². The Morgan fingerprint density at radius 3 is 2.65 bits per heavy atom. The highest BCUT2D eigenvalue weighted by molar-refractivity contribution is 6.31. The van der Waals surface area contributed by atoms with Crippen LogP contribution in [0, 0.1) is 0 Å². The Morgan fingerprint density at radius 1 is 1.41 bits per heavy atom. The minimum Gasteiger partial charge on any atom is -0.308 e. The van der Waals surface area contributed by atoms with Crippen molar-refractivity contribution in [1.82, 2.24) is 15.1 Å². The first-order chi connectivity index (χ1) is 8.15. The number of nitrogens with zero attached hydrogens (tertiary/aromatic N) is 2. The van der Waals surface area contributed by atoms with Crippen molar-refractivity contribution in [2.24, 2.45) is 0 Å². The van der Waals surface area contributed by atoms with Crippen LogP contribution in [-0.2, 0) is 19.5 Å². The van der Waals surface area contributed by atoms with Crippen molar-refractivity contribution in [1.29, 1.82) is 0 Å². The highest BCUT2D eigenvalue weighted by Gasteiger charge is 2.27. The maximum atomic E-state index is 6.33. The van der Waals surface area contributed by atoms with Crippen molar-refractivity contribution in [3.63, 3.8) is 0 Å². The summed E-state index contributed by atoms with van der Waals surface area (Å²) < 4.78 is 1.99. The van der Waals surface area contributed by atoms with Crippen molar-refractivity contribution >= 4 is 23.2 Å². The number of nitrogens with one attached hydrogen (secondary N) is 1. The molecule has 1 fully saturated rings. The van der Waals surface area contributed by atoms with E-state index in [0.717, 1.165) is 48.8 Å². The molecule has 0 unspecified atom stereocenters. The van der Waals surface area contributed by atoms with Gasteiger partial charge in [-0.25, -0.2) is 0 Å². The molecule has 1 aliphatic carbocycles. The van der Waals surface area contributed by atoms with Gasteiger partial charge in [-0.15, -0.1) is 11.6 Å². The third-order valence-corrected chi connectivity index (χ3v) is 4.13. The van der Waals surface area contributed by atoms with Gasteiger partial charge in [0.25, 0.3) is 0 Å². The minimum atomic E-state index is 0.352. The van der Waals surface area contributed by atoms with E-state index in [9.17, 15) is 0 Å². The molecule has 0 aliphatic heterocycles. The van der Waals surface area contributed by atoms with Gasteiger partial charge in [0.05, 0.1) is 16.4 Å². The molecule has 0 radical (unpaired) electrons. The zero-order valence-corrected chi connectivity index (χ0v) is 11.9. The molecule has 96 valence electrons. The molecule has 0 atom stereocenters. The van der Waals surface area contributed by atoms with Crippen molar-refractivity contribution in [3.05, 3.63) is 16.4 Å². The Labute approximate surface area is 112 Å². The van der Waals surface area contributed by atoms with Gasteiger partial charge in [0.2, 0.25) is 0 Å². The van der Waals surface area contributed by atoms with Crippen LogP contribution in [0.5, 0.6) is 0 Å². The number of halogens is 2. The molecule has 1 N–H and O–H groups in total. The van der Waals surface area contributed by atoms with E-state index in [1.807, 2.05) is 4.68 Å². The fraction of sp³-hybridized carbons (Fsp3) is 0.750. The first kappa shape index (κ1) is 13.2. The maximum Gasteiger partial charge on any atom is 0.0863 e. The second-order valence-corrected chi connectivity index (χ2v) is 5.52. The molecular weight excluding hydrogens is 257 g/mol. The summed E-state index contributed by atoms with van der Waals surface area (Å²) in [7, 11) is 0. The monoisotopic (exact) mass is 275 g/mol. The normalized spacial score (nSPS) is 23.8. The van der Waals surface area contributed by atoms with E-state index >= 15 is 0 Å². The zero-order chi connectivity index (χ0) is 12.4. The molecule has 2 rings (SSSR count). The highest BCUT2D eigenvalue weighted by Crippen LogP contribution is 2.27. The average Bonchev–Trinajstić information content (AvgIpc) is 2.59. The van der Waals surface area contributed by atoms with Crippen LogP contribution >= 0.6 is 23.2 Å². The molecule has 0 aromatic carbocycles. The van der Waals surface area contributed by atoms with Crippen LogP contribution in [0.4, 0.5) is 0 Å². The van der Waals surface area contributed by atoms with Crippen molar-refractivity contribution in [2.45, 2.75) is 57.6 Å². The number of alkyl halides is 1. The summed E-state index contributed by atoms with van der Waals surface area (Å²) in [5.74, 6) is 0. The maximum absolute atomic E-state index is 6.33. The van der Waals surface area contributed by atoms with Crippen molar-refractivity contribution in [2.75, 3.05) is 0 Å². The molecule has 0 saturated heterocycles. The number of rotatable bonds is 5. The number of aryl methyl sites for hydroxylation is 2. The van der Waals surface area contributed by atoms with Gasteiger partial charge in [0.15, 0.2) is 0 Å². The van der Waals surface area contributed by atoms with E-state index in [2.05, 4.69) is 24.3 Å². The Hall–Kier alpha value is -0.250. The quantitative estimate of drug-likeness (QED) is 0.838. The fourth-order valence-corrected chi connectivity index (χ4v) is 2.91. The van der Waals surface area contributed by atoms with Gasteiger partial charge in [-0.2, -0.15) is 5.10 Å². The smallest absolute Gasteiger partial charge is 0.0863 e. The van der Waals surface area contributed by atoms with E-state index < -0.39 is 0 Å². The fourth-order valence-electron chi connectivity index (χ4n) is 2.14. The molecular formula is C12H19Cl2N3. The second-order valence-electron chi connectivity index (χ2n) is 4.52. The number of hydrogen-bond acceptors (Lipinski definition) is 2. The van der Waals surface area contributed by atoms with Gasteiger partial charge in [0.1, 0.15) is 0 Å². The Bertz CT molecular complexity index is 383. The van der Waals surface area contributed by atoms with Gasteiger partial charge < -0.3 is 5.32 Å². The summed E-state index contributed by atoms with van der Waals surface area (Å²) in [6.07, 6.45) is 2.99. The van der Waals surface area contributed by atoms with Gasteiger partial charge in [-0.3, -0.25) is 4.68 Å². The standard InChI is InChI=1S/C12H19Cl2N3/c1-3-10-12(14)11(17(4-2)16-10)7-15-9-5-8(13)6-9/h8-9,15H,3-7H2,1-2H3. The third kappa shape index (κ3) is 2.78. The van der Waals surface area contributed by atoms with Gasteiger partial charge >= 0.3 is 0 Å². The lowest BCUT2D eigenvalue weighted by molar-refractivity contribution is 0.340. The van der Waals surface area contributed by atoms with Gasteiger partial charge in [-0.1, -0.05) is 18.5 Å². The third-order valence-electron chi connectivity index (χ3n) is 3.33. The van der Waals surface area contributed by atoms with E-state index in [1.165, 1.54) is 0 Å². The molecule has 0 amide bonds. The molecule has 3 nitrogen and oxygen atoms in total. The van der Waals surface area contributed by atoms with Crippen molar-refractivity contribution in [3.8, 4) is 0 Å². The van der Waals surface area contributed by atoms with Crippen LogP contribution in [0.3, 0.4) is 0 Å². The van der Waals surface area contributed by atoms with Crippen molar-refractivity contribution < 1.29 is 0 Å². The largest absolute Gasteiger partial charge is 0.308 e. The molecule has 1 saturated carbocycles. The van der Waals surface area contributed by atoms with Crippen LogP contribution in [0.1, 0.15) is 38.1 Å². The lowest BCUT2D eigenvalue weighted by Gasteiger charge is -2.31. The lowest BCUT2D eigenvalue weighted by atomic mass is 9.92. The summed E-state index contributed by atoms with van der Waals surface area (Å²) in [5.41, 5.74) is 2.10. The first-order valence-corrected chi connectivity index (χ1v) is 7.08. The second kappa shape index (κ2) is 5.59. The Kier molecular flexibility index (Phi) is 4.34. The summed E-state index contributed by atoms with van der Waals surface area (Å²) in [4.78, 5) is 0. The minimum absolute atomic E-state index is 0.352. The summed E-state index contributed by atoms with van der Waals surface area (Å²) in [6, 6.07) is 0.541. The molecule has 17 heavy (non-hydrogen) atoms. The molecule has 1 aliphatic rings. The molecule has 1 aromatic heterocycles. The van der Waals surface area contributed by atoms with Crippen LogP contribution in [0.2, 0.25) is 5.02 Å². The Morgan fingerprint density at radius 2 is 2.12 bits per heavy atom. The Balaban J connectivity index is 2.01. The zero-order valence-electron chi connectivity index (χ0n) is 10.3. The highest BCUT2D eigenvalue weighted by atomic mass is 35.5. The topological polar surface area (TPSA) is 29.9 Å². The van der Waals surface area contributed by atoms with Crippen LogP contribution in [-0.4, -0.2) is 21.2 Å². The van der Waals surface area contributed by atoms with Gasteiger partial charge in [0, 0.05) is 24.5 Å². The molecule has 5 heteroatoms. The predicted octanol–water partition coefficient (Wildman–Crippen LogP) is 2.98. The molecule has 0 bridgehead atoms. The lowest BCUT2D eigenvalue weighted by Crippen LogP contribution is -2.41.